The normalized spacial score (nSPS) is 12.2. The number of hydrogen-bond acceptors (Lipinski definition) is 4. The molecule has 1 N–H and O–H groups in total. The first-order chi connectivity index (χ1) is 9.77. The molecule has 0 radical (unpaired) electrons. The predicted molar refractivity (Wildman–Crippen MR) is 69.5 cm³/mol. The minimum atomic E-state index is -4.16. The summed E-state index contributed by atoms with van der Waals surface area (Å²) in [7, 11) is 0. The van der Waals surface area contributed by atoms with Crippen LogP contribution in [-0.4, -0.2) is 35.5 Å². The number of rotatable bonds is 8. The van der Waals surface area contributed by atoms with E-state index in [-0.39, 0.29) is 12.4 Å². The van der Waals surface area contributed by atoms with E-state index in [4.69, 9.17) is 0 Å². The van der Waals surface area contributed by atoms with E-state index >= 15 is 0 Å². The number of aromatic nitrogens is 2. The van der Waals surface area contributed by atoms with E-state index in [1.807, 2.05) is 6.92 Å². The van der Waals surface area contributed by atoms with Crippen LogP contribution < -0.4 is 5.32 Å². The molecule has 0 atom stereocenters. The molecule has 0 unspecified atom stereocenters. The van der Waals surface area contributed by atoms with E-state index < -0.39 is 19.0 Å². The van der Waals surface area contributed by atoms with Crippen LogP contribution in [0.3, 0.4) is 0 Å². The molecule has 0 saturated heterocycles. The summed E-state index contributed by atoms with van der Waals surface area (Å²) < 4.78 is 53.9. The molecule has 0 saturated carbocycles. The lowest BCUT2D eigenvalue weighted by atomic mass is 10.1. The lowest BCUT2D eigenvalue weighted by Crippen LogP contribution is -2.32. The van der Waals surface area contributed by atoms with Gasteiger partial charge in [0.2, 0.25) is 0 Å². The molecule has 0 aliphatic rings. The monoisotopic (exact) mass is 309 g/mol. The Kier molecular flexibility index (Phi) is 6.47. The second-order valence-corrected chi connectivity index (χ2v) is 4.62. The lowest BCUT2D eigenvalue weighted by Gasteiger charge is -2.15. The van der Waals surface area contributed by atoms with Crippen LogP contribution in [0.2, 0.25) is 0 Å². The summed E-state index contributed by atoms with van der Waals surface area (Å²) in [5.41, 5.74) is 2.35. The fourth-order valence-electron chi connectivity index (χ4n) is 1.72. The second-order valence-electron chi connectivity index (χ2n) is 4.62. The quantitative estimate of drug-likeness (QED) is 0.750. The molecule has 1 heterocycles. The van der Waals surface area contributed by atoms with Gasteiger partial charge in [-0.1, -0.05) is 6.92 Å². The highest BCUT2D eigenvalue weighted by molar-refractivity contribution is 5.24. The third-order valence-corrected chi connectivity index (χ3v) is 2.86. The highest BCUT2D eigenvalue weighted by Gasteiger charge is 2.41. The van der Waals surface area contributed by atoms with Crippen molar-refractivity contribution in [2.45, 2.75) is 46.3 Å². The second kappa shape index (κ2) is 7.65. The van der Waals surface area contributed by atoms with Gasteiger partial charge in [-0.2, -0.15) is 8.78 Å². The molecular weight excluding hydrogens is 290 g/mol. The molecule has 8 heteroatoms. The Morgan fingerprint density at radius 2 is 1.76 bits per heavy atom. The van der Waals surface area contributed by atoms with Crippen LogP contribution in [0.5, 0.6) is 0 Å². The molecule has 0 spiro atoms. The summed E-state index contributed by atoms with van der Waals surface area (Å²) in [5.74, 6) is -3.95. The van der Waals surface area contributed by atoms with Gasteiger partial charge in [0.15, 0.2) is 5.82 Å². The van der Waals surface area contributed by atoms with Crippen molar-refractivity contribution in [3.8, 4) is 0 Å². The highest BCUT2D eigenvalue weighted by atomic mass is 19.3. The van der Waals surface area contributed by atoms with Crippen LogP contribution in [0.25, 0.3) is 0 Å². The number of nitrogens with zero attached hydrogens (tertiary/aromatic N) is 2. The van der Waals surface area contributed by atoms with Gasteiger partial charge in [0.1, 0.15) is 13.2 Å². The van der Waals surface area contributed by atoms with E-state index in [0.717, 1.165) is 12.1 Å². The van der Waals surface area contributed by atoms with Crippen LogP contribution >= 0.6 is 0 Å². The maximum absolute atomic E-state index is 12.7. The average Bonchev–Trinajstić information content (AvgIpc) is 2.37. The van der Waals surface area contributed by atoms with Gasteiger partial charge >= 0.3 is 12.3 Å². The summed E-state index contributed by atoms with van der Waals surface area (Å²) in [5, 5.41) is 3.15. The number of aryl methyl sites for hydroxylation is 2. The molecule has 1 aromatic heterocycles. The largest absolute Gasteiger partial charge is 0.367 e. The topological polar surface area (TPSA) is 47.0 Å². The van der Waals surface area contributed by atoms with E-state index in [2.05, 4.69) is 20.0 Å². The van der Waals surface area contributed by atoms with E-state index in [1.165, 1.54) is 0 Å². The first-order valence-corrected chi connectivity index (χ1v) is 6.55. The number of ether oxygens (including phenoxy) is 1. The number of nitrogens with one attached hydrogen (secondary N) is 1. The molecule has 0 aliphatic heterocycles. The van der Waals surface area contributed by atoms with Gasteiger partial charge in [0, 0.05) is 23.5 Å². The summed E-state index contributed by atoms with van der Waals surface area (Å²) in [4.78, 5) is 8.29. The zero-order valence-corrected chi connectivity index (χ0v) is 12.2. The molecule has 0 bridgehead atoms. The molecule has 0 amide bonds. The Balaban J connectivity index is 2.65. The highest BCUT2D eigenvalue weighted by Crippen LogP contribution is 2.23. The number of halogens is 4. The van der Waals surface area contributed by atoms with Gasteiger partial charge in [0.25, 0.3) is 0 Å². The van der Waals surface area contributed by atoms with E-state index in [0.29, 0.717) is 17.9 Å². The fourth-order valence-corrected chi connectivity index (χ4v) is 1.72. The molecule has 0 aromatic carbocycles. The minimum Gasteiger partial charge on any atom is -0.367 e. The molecule has 1 aromatic rings. The summed E-state index contributed by atoms with van der Waals surface area (Å²) in [6.07, 6.45) is -3.75. The van der Waals surface area contributed by atoms with Crippen molar-refractivity contribution in [3.63, 3.8) is 0 Å². The lowest BCUT2D eigenvalue weighted by molar-refractivity contribution is -0.168. The average molecular weight is 309 g/mol. The van der Waals surface area contributed by atoms with Crippen molar-refractivity contribution >= 4 is 0 Å². The van der Waals surface area contributed by atoms with Gasteiger partial charge in [-0.15, -0.1) is 0 Å². The van der Waals surface area contributed by atoms with Crippen molar-refractivity contribution < 1.29 is 22.3 Å². The van der Waals surface area contributed by atoms with Crippen molar-refractivity contribution in [1.82, 2.24) is 15.3 Å². The van der Waals surface area contributed by atoms with Gasteiger partial charge in [0.05, 0.1) is 0 Å². The van der Waals surface area contributed by atoms with Gasteiger partial charge < -0.3 is 10.1 Å². The van der Waals surface area contributed by atoms with Crippen LogP contribution in [0.4, 0.5) is 17.6 Å². The summed E-state index contributed by atoms with van der Waals surface area (Å²) in [6, 6.07) is 0. The van der Waals surface area contributed by atoms with Gasteiger partial charge in [-0.25, -0.2) is 18.7 Å². The van der Waals surface area contributed by atoms with Crippen molar-refractivity contribution in [1.29, 1.82) is 0 Å². The first-order valence-electron chi connectivity index (χ1n) is 6.55. The van der Waals surface area contributed by atoms with Crippen LogP contribution in [0.15, 0.2) is 0 Å². The molecule has 120 valence electrons. The standard InChI is InChI=1S/C13H19F4N3O/c1-4-18-5-10-8(2)19-11(20-9(10)3)6-21-7-13(16,17)12(14)15/h12,18H,4-7H2,1-3H3. The van der Waals surface area contributed by atoms with Crippen LogP contribution in [0.1, 0.15) is 29.7 Å². The Morgan fingerprint density at radius 3 is 2.24 bits per heavy atom. The fraction of sp³-hybridized carbons (Fsp3) is 0.692. The molecular formula is C13H19F4N3O. The number of hydrogen-bond donors (Lipinski definition) is 1. The van der Waals surface area contributed by atoms with Crippen LogP contribution in [-0.2, 0) is 17.9 Å². The predicted octanol–water partition coefficient (Wildman–Crippen LogP) is 2.62. The van der Waals surface area contributed by atoms with Crippen molar-refractivity contribution in [2.75, 3.05) is 13.2 Å². The minimum absolute atomic E-state index is 0.204. The zero-order valence-electron chi connectivity index (χ0n) is 12.2. The summed E-state index contributed by atoms with van der Waals surface area (Å²) >= 11 is 0. The van der Waals surface area contributed by atoms with Gasteiger partial charge in [-0.3, -0.25) is 0 Å². The zero-order chi connectivity index (χ0) is 16.0. The third-order valence-electron chi connectivity index (χ3n) is 2.86. The van der Waals surface area contributed by atoms with E-state index in [1.54, 1.807) is 13.8 Å². The Bertz CT molecular complexity index is 446. The smallest absolute Gasteiger partial charge is 0.330 e. The van der Waals surface area contributed by atoms with Crippen molar-refractivity contribution in [2.24, 2.45) is 0 Å². The molecule has 0 aliphatic carbocycles. The van der Waals surface area contributed by atoms with Crippen LogP contribution in [0, 0.1) is 13.8 Å². The molecule has 0 fully saturated rings. The maximum Gasteiger partial charge on any atom is 0.330 e. The Labute approximate surface area is 120 Å². The maximum atomic E-state index is 12.7. The summed E-state index contributed by atoms with van der Waals surface area (Å²) in [6.45, 7) is 5.25. The van der Waals surface area contributed by atoms with Crippen molar-refractivity contribution in [3.05, 3.63) is 22.8 Å². The van der Waals surface area contributed by atoms with Gasteiger partial charge in [-0.05, 0) is 20.4 Å². The number of alkyl halides is 4. The molecule has 4 nitrogen and oxygen atoms in total. The van der Waals surface area contributed by atoms with E-state index in [9.17, 15) is 17.6 Å². The SMILES string of the molecule is CCNCc1c(C)nc(COCC(F)(F)C(F)F)nc1C. The Hall–Kier alpha value is -1.28. The Morgan fingerprint density at radius 1 is 1.19 bits per heavy atom. The molecule has 21 heavy (non-hydrogen) atoms. The molecule has 1 rings (SSSR count). The first kappa shape index (κ1) is 17.8. The third kappa shape index (κ3) is 5.20.